The lowest BCUT2D eigenvalue weighted by molar-refractivity contribution is -0.138. The molecular weight excluding hydrogens is 534 g/mol. The van der Waals surface area contributed by atoms with E-state index < -0.39 is 5.97 Å². The topological polar surface area (TPSA) is 115 Å². The van der Waals surface area contributed by atoms with Crippen LogP contribution in [0.4, 0.5) is 10.9 Å². The predicted octanol–water partition coefficient (Wildman–Crippen LogP) is 3.76. The third kappa shape index (κ3) is 6.27. The van der Waals surface area contributed by atoms with Crippen molar-refractivity contribution < 1.29 is 14.7 Å². The van der Waals surface area contributed by atoms with E-state index >= 15 is 0 Å². The number of hydrogen-bond donors (Lipinski definition) is 2. The van der Waals surface area contributed by atoms with Crippen molar-refractivity contribution in [2.24, 2.45) is 0 Å². The number of carboxylic acids is 1. The van der Waals surface area contributed by atoms with E-state index in [0.29, 0.717) is 47.5 Å². The van der Waals surface area contributed by atoms with Crippen LogP contribution < -0.4 is 10.2 Å². The monoisotopic (exact) mass is 561 g/mol. The molecule has 0 unspecified atom stereocenters. The Balaban J connectivity index is 1.26. The molecule has 0 bridgehead atoms. The number of carboxylic acid groups (broad SMARTS) is 1. The van der Waals surface area contributed by atoms with E-state index in [4.69, 9.17) is 21.7 Å². The molecule has 2 aliphatic rings. The Morgan fingerprint density at radius 1 is 1.19 bits per heavy atom. The smallest absolute Gasteiger partial charge is 0.317 e. The van der Waals surface area contributed by atoms with Crippen LogP contribution in [0.5, 0.6) is 0 Å². The second-order valence-electron chi connectivity index (χ2n) is 9.26. The molecule has 3 aromatic heterocycles. The number of aliphatic carboxylic acids is 1. The maximum absolute atomic E-state index is 13.0. The fourth-order valence-corrected chi connectivity index (χ4v) is 6.54. The Kier molecular flexibility index (Phi) is 8.01. The van der Waals surface area contributed by atoms with Crippen molar-refractivity contribution in [3.8, 4) is 11.3 Å². The number of hydrogen-bond acceptors (Lipinski definition) is 10. The van der Waals surface area contributed by atoms with Crippen molar-refractivity contribution in [2.75, 3.05) is 49.5 Å². The van der Waals surface area contributed by atoms with Crippen LogP contribution in [0, 0.1) is 0 Å². The fourth-order valence-electron chi connectivity index (χ4n) is 4.67. The lowest BCUT2D eigenvalue weighted by Crippen LogP contribution is -2.48. The summed E-state index contributed by atoms with van der Waals surface area (Å²) < 4.78 is 0.702. The highest BCUT2D eigenvalue weighted by Gasteiger charge is 2.25. The fraction of sp³-hybridized carbons (Fsp3) is 0.458. The molecule has 2 saturated heterocycles. The van der Waals surface area contributed by atoms with Gasteiger partial charge in [0, 0.05) is 54.6 Å². The van der Waals surface area contributed by atoms with Crippen molar-refractivity contribution in [3.05, 3.63) is 38.7 Å². The van der Waals surface area contributed by atoms with Gasteiger partial charge < -0.3 is 10.0 Å². The van der Waals surface area contributed by atoms with E-state index in [-0.39, 0.29) is 18.1 Å². The average Bonchev–Trinajstić information content (AvgIpc) is 3.60. The van der Waals surface area contributed by atoms with Gasteiger partial charge >= 0.3 is 5.97 Å². The number of aromatic nitrogens is 3. The van der Waals surface area contributed by atoms with Crippen LogP contribution in [0.2, 0.25) is 4.34 Å². The normalized spacial score (nSPS) is 18.9. The molecule has 196 valence electrons. The first-order chi connectivity index (χ1) is 17.9. The van der Waals surface area contributed by atoms with Crippen molar-refractivity contribution >= 4 is 57.1 Å². The summed E-state index contributed by atoms with van der Waals surface area (Å²) in [6.07, 6.45) is 5.43. The molecule has 5 rings (SSSR count). The lowest BCUT2D eigenvalue weighted by atomic mass is 10.2. The zero-order valence-corrected chi connectivity index (χ0v) is 22.8. The van der Waals surface area contributed by atoms with Gasteiger partial charge in [0.05, 0.1) is 29.0 Å². The first kappa shape index (κ1) is 26.0. The molecule has 3 aromatic rings. The van der Waals surface area contributed by atoms with E-state index in [1.807, 2.05) is 21.2 Å². The molecule has 2 aliphatic heterocycles. The number of nitrogens with one attached hydrogen (secondary N) is 1. The van der Waals surface area contributed by atoms with Crippen LogP contribution in [0.3, 0.4) is 0 Å². The minimum atomic E-state index is -0.826. The number of amides is 1. The molecule has 1 amide bonds. The predicted molar refractivity (Wildman–Crippen MR) is 146 cm³/mol. The molecule has 13 heteroatoms. The number of anilines is 2. The van der Waals surface area contributed by atoms with Crippen LogP contribution in [0.25, 0.3) is 11.3 Å². The quantitative estimate of drug-likeness (QED) is 0.424. The molecule has 0 saturated carbocycles. The summed E-state index contributed by atoms with van der Waals surface area (Å²) in [6.45, 7) is 6.70. The molecule has 2 fully saturated rings. The SMILES string of the molecule is C[C@@H]1CCCN1Cc1sc(NC(=O)c2cnc(N3CCN(CC(=O)O)CC3)cn2)nc1-c1csc(Cl)c1. The summed E-state index contributed by atoms with van der Waals surface area (Å²) in [6, 6.07) is 2.43. The number of nitrogens with zero attached hydrogens (tertiary/aromatic N) is 6. The number of halogens is 1. The van der Waals surface area contributed by atoms with Gasteiger partial charge in [-0.3, -0.25) is 24.7 Å². The van der Waals surface area contributed by atoms with Gasteiger partial charge in [-0.25, -0.2) is 15.0 Å². The van der Waals surface area contributed by atoms with E-state index in [2.05, 4.69) is 27.1 Å². The highest BCUT2D eigenvalue weighted by Crippen LogP contribution is 2.37. The summed E-state index contributed by atoms with van der Waals surface area (Å²) in [7, 11) is 0. The van der Waals surface area contributed by atoms with Crippen LogP contribution in [0.15, 0.2) is 23.8 Å². The second-order valence-corrected chi connectivity index (χ2v) is 11.9. The van der Waals surface area contributed by atoms with Crippen LogP contribution >= 0.6 is 34.3 Å². The van der Waals surface area contributed by atoms with Crippen molar-refractivity contribution in [1.29, 1.82) is 0 Å². The van der Waals surface area contributed by atoms with Crippen molar-refractivity contribution in [3.63, 3.8) is 0 Å². The highest BCUT2D eigenvalue weighted by atomic mass is 35.5. The van der Waals surface area contributed by atoms with Gasteiger partial charge in [0.2, 0.25) is 0 Å². The maximum atomic E-state index is 13.0. The Morgan fingerprint density at radius 2 is 2.00 bits per heavy atom. The molecular formula is C24H28ClN7O3S2. The standard InChI is InChI=1S/C24H28ClN7O3S2/c1-15-3-2-4-32(15)12-18-22(16-9-19(25)36-14-16)28-24(37-18)29-23(35)17-10-27-20(11-26-17)31-7-5-30(6-8-31)13-21(33)34/h9-11,14-15H,2-8,12-13H2,1H3,(H,33,34)(H,28,29,35)/t15-/m1/s1. The van der Waals surface area contributed by atoms with E-state index in [1.54, 1.807) is 6.20 Å². The Labute approximate surface area is 227 Å². The number of thiophene rings is 1. The summed E-state index contributed by atoms with van der Waals surface area (Å²) in [5.41, 5.74) is 2.02. The first-order valence-corrected chi connectivity index (χ1v) is 14.2. The second kappa shape index (κ2) is 11.4. The summed E-state index contributed by atoms with van der Waals surface area (Å²) >= 11 is 9.14. The van der Waals surface area contributed by atoms with Crippen LogP contribution in [0.1, 0.15) is 35.1 Å². The van der Waals surface area contributed by atoms with Gasteiger partial charge in [-0.1, -0.05) is 22.9 Å². The molecule has 37 heavy (non-hydrogen) atoms. The molecule has 0 spiro atoms. The molecule has 0 aromatic carbocycles. The zero-order chi connectivity index (χ0) is 25.9. The molecule has 0 radical (unpaired) electrons. The number of piperazine rings is 1. The highest BCUT2D eigenvalue weighted by molar-refractivity contribution is 7.16. The van der Waals surface area contributed by atoms with E-state index in [1.165, 1.54) is 41.7 Å². The van der Waals surface area contributed by atoms with Gasteiger partial charge in [-0.05, 0) is 32.4 Å². The van der Waals surface area contributed by atoms with Gasteiger partial charge in [-0.2, -0.15) is 0 Å². The largest absolute Gasteiger partial charge is 0.480 e. The maximum Gasteiger partial charge on any atom is 0.317 e. The van der Waals surface area contributed by atoms with Gasteiger partial charge in [0.15, 0.2) is 5.13 Å². The molecule has 5 heterocycles. The Morgan fingerprint density at radius 3 is 2.62 bits per heavy atom. The number of likely N-dealkylation sites (tertiary alicyclic amines) is 1. The molecule has 0 aliphatic carbocycles. The first-order valence-electron chi connectivity index (χ1n) is 12.2. The number of carbonyl (C=O) groups excluding carboxylic acids is 1. The van der Waals surface area contributed by atoms with E-state index in [9.17, 15) is 9.59 Å². The third-order valence-corrected chi connectivity index (χ3v) is 8.77. The van der Waals surface area contributed by atoms with E-state index in [0.717, 1.165) is 29.2 Å². The summed E-state index contributed by atoms with van der Waals surface area (Å²) in [5, 5.41) is 14.4. The summed E-state index contributed by atoms with van der Waals surface area (Å²) in [5.74, 6) is -0.526. The van der Waals surface area contributed by atoms with Crippen LogP contribution in [-0.2, 0) is 11.3 Å². The minimum absolute atomic E-state index is 0.0370. The zero-order valence-electron chi connectivity index (χ0n) is 20.4. The molecule has 10 nitrogen and oxygen atoms in total. The van der Waals surface area contributed by atoms with Gasteiger partial charge in [0.25, 0.3) is 5.91 Å². The average molecular weight is 562 g/mol. The number of rotatable bonds is 8. The van der Waals surface area contributed by atoms with Crippen molar-refractivity contribution in [2.45, 2.75) is 32.4 Å². The third-order valence-electron chi connectivity index (χ3n) is 6.72. The Hall–Kier alpha value is -2.64. The number of carbonyl (C=O) groups is 2. The number of thiazole rings is 1. The summed E-state index contributed by atoms with van der Waals surface area (Å²) in [4.78, 5) is 44.8. The minimum Gasteiger partial charge on any atom is -0.480 e. The molecule has 1 atom stereocenters. The van der Waals surface area contributed by atoms with Gasteiger partial charge in [0.1, 0.15) is 11.5 Å². The van der Waals surface area contributed by atoms with Crippen LogP contribution in [-0.4, -0.2) is 87.0 Å². The molecule has 2 N–H and O–H groups in total. The Bertz CT molecular complexity index is 1260. The van der Waals surface area contributed by atoms with Crippen molar-refractivity contribution in [1.82, 2.24) is 24.8 Å². The lowest BCUT2D eigenvalue weighted by Gasteiger charge is -2.34. The van der Waals surface area contributed by atoms with Gasteiger partial charge in [-0.15, -0.1) is 11.3 Å².